The van der Waals surface area contributed by atoms with Gasteiger partial charge in [-0.25, -0.2) is 13.1 Å². The molecule has 1 heterocycles. The topological polar surface area (TPSA) is 71.1 Å². The molecule has 0 saturated heterocycles. The van der Waals surface area contributed by atoms with Crippen LogP contribution in [-0.2, 0) is 22.0 Å². The molecule has 0 spiro atoms. The highest BCUT2D eigenvalue weighted by molar-refractivity contribution is 7.89. The summed E-state index contributed by atoms with van der Waals surface area (Å²) in [7, 11) is -3.67. The molecule has 5 nitrogen and oxygen atoms in total. The molecular formula is C30H33N3O2S. The summed E-state index contributed by atoms with van der Waals surface area (Å²) in [5.41, 5.74) is 3.68. The highest BCUT2D eigenvalue weighted by Crippen LogP contribution is 2.36. The van der Waals surface area contributed by atoms with Crippen molar-refractivity contribution in [1.82, 2.24) is 15.0 Å². The minimum Gasteiger partial charge on any atom is -0.311 e. The maximum Gasteiger partial charge on any atom is 0.240 e. The molecule has 0 fully saturated rings. The van der Waals surface area contributed by atoms with Gasteiger partial charge in [0.15, 0.2) is 0 Å². The van der Waals surface area contributed by atoms with Crippen LogP contribution in [-0.4, -0.2) is 26.5 Å². The van der Waals surface area contributed by atoms with E-state index in [9.17, 15) is 8.42 Å². The van der Waals surface area contributed by atoms with E-state index in [1.54, 1.807) is 18.3 Å². The van der Waals surface area contributed by atoms with Gasteiger partial charge in [-0.3, -0.25) is 4.98 Å². The third-order valence-corrected chi connectivity index (χ3v) is 7.95. The zero-order chi connectivity index (χ0) is 25.3. The van der Waals surface area contributed by atoms with Gasteiger partial charge >= 0.3 is 0 Å². The van der Waals surface area contributed by atoms with Crippen LogP contribution in [0.15, 0.2) is 114 Å². The summed E-state index contributed by atoms with van der Waals surface area (Å²) in [6, 6.07) is 33.3. The minimum atomic E-state index is -3.67. The molecule has 0 saturated carbocycles. The van der Waals surface area contributed by atoms with Crippen molar-refractivity contribution in [3.05, 3.63) is 132 Å². The van der Waals surface area contributed by atoms with E-state index in [0.717, 1.165) is 41.8 Å². The van der Waals surface area contributed by atoms with E-state index in [1.165, 1.54) is 0 Å². The largest absolute Gasteiger partial charge is 0.311 e. The van der Waals surface area contributed by atoms with Crippen molar-refractivity contribution in [3.8, 4) is 0 Å². The monoisotopic (exact) mass is 499 g/mol. The van der Waals surface area contributed by atoms with Crippen molar-refractivity contribution < 1.29 is 8.42 Å². The van der Waals surface area contributed by atoms with Crippen LogP contribution in [0.5, 0.6) is 0 Å². The number of rotatable bonds is 12. The first-order valence-electron chi connectivity index (χ1n) is 12.3. The molecule has 0 aliphatic carbocycles. The fourth-order valence-corrected chi connectivity index (χ4v) is 5.61. The van der Waals surface area contributed by atoms with Gasteiger partial charge in [0.25, 0.3) is 0 Å². The number of sulfonamides is 1. The Kier molecular flexibility index (Phi) is 8.65. The number of nitrogens with one attached hydrogen (secondary N) is 2. The maximum atomic E-state index is 13.3. The highest BCUT2D eigenvalue weighted by atomic mass is 32.2. The zero-order valence-electron chi connectivity index (χ0n) is 20.6. The second-order valence-electron chi connectivity index (χ2n) is 9.05. The molecule has 2 N–H and O–H groups in total. The number of nitrogens with zero attached hydrogens (tertiary/aromatic N) is 1. The standard InChI is InChI=1S/C30H33N3O2S/c1-25-16-18-29(19-17-25)36(34,35)33-24-30(26-11-4-2-5-12-26,27-13-6-3-7-14-27)20-10-21-31-23-28-15-8-9-22-32-28/h2-9,11-19,22,31,33H,10,20-21,23-24H2,1H3. The Morgan fingerprint density at radius 3 is 1.97 bits per heavy atom. The SMILES string of the molecule is Cc1ccc(S(=O)(=O)NCC(CCCNCc2ccccn2)(c2ccccc2)c2ccccc2)cc1. The van der Waals surface area contributed by atoms with Gasteiger partial charge in [-0.05, 0) is 61.7 Å². The van der Waals surface area contributed by atoms with Crippen molar-refractivity contribution in [1.29, 1.82) is 0 Å². The van der Waals surface area contributed by atoms with Gasteiger partial charge in [0, 0.05) is 24.7 Å². The molecule has 0 bridgehead atoms. The van der Waals surface area contributed by atoms with Crippen molar-refractivity contribution in [3.63, 3.8) is 0 Å². The Morgan fingerprint density at radius 1 is 0.778 bits per heavy atom. The van der Waals surface area contributed by atoms with Crippen LogP contribution >= 0.6 is 0 Å². The lowest BCUT2D eigenvalue weighted by atomic mass is 9.71. The van der Waals surface area contributed by atoms with E-state index in [0.29, 0.717) is 6.54 Å². The number of hydrogen-bond acceptors (Lipinski definition) is 4. The van der Waals surface area contributed by atoms with Crippen LogP contribution in [0, 0.1) is 6.92 Å². The Labute approximate surface area is 214 Å². The van der Waals surface area contributed by atoms with Crippen LogP contribution in [0.25, 0.3) is 0 Å². The second-order valence-corrected chi connectivity index (χ2v) is 10.8. The molecule has 36 heavy (non-hydrogen) atoms. The van der Waals surface area contributed by atoms with E-state index in [4.69, 9.17) is 0 Å². The second kappa shape index (κ2) is 12.1. The van der Waals surface area contributed by atoms with Crippen molar-refractivity contribution in [2.45, 2.75) is 36.6 Å². The Hall–Kier alpha value is -3.32. The van der Waals surface area contributed by atoms with Crippen LogP contribution in [0.4, 0.5) is 0 Å². The molecule has 0 aliphatic rings. The van der Waals surface area contributed by atoms with E-state index in [1.807, 2.05) is 73.7 Å². The predicted octanol–water partition coefficient (Wildman–Crippen LogP) is 5.22. The molecule has 3 aromatic carbocycles. The van der Waals surface area contributed by atoms with Crippen LogP contribution in [0.3, 0.4) is 0 Å². The molecule has 4 aromatic rings. The summed E-state index contributed by atoms with van der Waals surface area (Å²) in [6.45, 7) is 3.70. The minimum absolute atomic E-state index is 0.261. The highest BCUT2D eigenvalue weighted by Gasteiger charge is 2.35. The number of benzene rings is 3. The smallest absolute Gasteiger partial charge is 0.240 e. The molecular weight excluding hydrogens is 466 g/mol. The van der Waals surface area contributed by atoms with Gasteiger partial charge < -0.3 is 5.32 Å². The van der Waals surface area contributed by atoms with E-state index < -0.39 is 15.4 Å². The number of hydrogen-bond donors (Lipinski definition) is 2. The number of pyridine rings is 1. The van der Waals surface area contributed by atoms with Gasteiger partial charge in [0.05, 0.1) is 10.6 Å². The molecule has 186 valence electrons. The first kappa shape index (κ1) is 25.8. The molecule has 0 radical (unpaired) electrons. The third kappa shape index (κ3) is 6.46. The number of aryl methyl sites for hydroxylation is 1. The van der Waals surface area contributed by atoms with Crippen LogP contribution in [0.2, 0.25) is 0 Å². The van der Waals surface area contributed by atoms with Crippen molar-refractivity contribution in [2.75, 3.05) is 13.1 Å². The zero-order valence-corrected chi connectivity index (χ0v) is 21.4. The fourth-order valence-electron chi connectivity index (χ4n) is 4.52. The third-order valence-electron chi connectivity index (χ3n) is 6.54. The average molecular weight is 500 g/mol. The van der Waals surface area contributed by atoms with Crippen LogP contribution in [0.1, 0.15) is 35.2 Å². The van der Waals surface area contributed by atoms with Gasteiger partial charge in [0.2, 0.25) is 10.0 Å². The van der Waals surface area contributed by atoms with Gasteiger partial charge in [-0.1, -0.05) is 84.4 Å². The molecule has 4 rings (SSSR count). The Morgan fingerprint density at radius 2 is 1.39 bits per heavy atom. The maximum absolute atomic E-state index is 13.3. The summed E-state index contributed by atoms with van der Waals surface area (Å²) in [6.07, 6.45) is 3.43. The normalized spacial score (nSPS) is 11.9. The summed E-state index contributed by atoms with van der Waals surface area (Å²) < 4.78 is 29.5. The van der Waals surface area contributed by atoms with E-state index in [2.05, 4.69) is 39.3 Å². The first-order valence-corrected chi connectivity index (χ1v) is 13.8. The summed E-state index contributed by atoms with van der Waals surface area (Å²) in [5, 5.41) is 3.48. The lowest BCUT2D eigenvalue weighted by Gasteiger charge is -2.36. The molecule has 0 unspecified atom stereocenters. The fraction of sp³-hybridized carbons (Fsp3) is 0.233. The predicted molar refractivity (Wildman–Crippen MR) is 145 cm³/mol. The molecule has 0 atom stereocenters. The average Bonchev–Trinajstić information content (AvgIpc) is 2.92. The van der Waals surface area contributed by atoms with E-state index >= 15 is 0 Å². The Balaban J connectivity index is 1.58. The molecule has 6 heteroatoms. The Bertz CT molecular complexity index is 1270. The summed E-state index contributed by atoms with van der Waals surface area (Å²) >= 11 is 0. The molecule has 0 amide bonds. The van der Waals surface area contributed by atoms with Crippen molar-refractivity contribution in [2.24, 2.45) is 0 Å². The quantitative estimate of drug-likeness (QED) is 0.262. The van der Waals surface area contributed by atoms with Crippen molar-refractivity contribution >= 4 is 10.0 Å². The first-order chi connectivity index (χ1) is 17.5. The van der Waals surface area contributed by atoms with E-state index in [-0.39, 0.29) is 11.4 Å². The molecule has 1 aromatic heterocycles. The lowest BCUT2D eigenvalue weighted by molar-refractivity contribution is 0.436. The molecule has 0 aliphatic heterocycles. The van der Waals surface area contributed by atoms with Gasteiger partial charge in [0.1, 0.15) is 0 Å². The number of aromatic nitrogens is 1. The van der Waals surface area contributed by atoms with Gasteiger partial charge in [-0.15, -0.1) is 0 Å². The lowest BCUT2D eigenvalue weighted by Crippen LogP contribution is -2.42. The van der Waals surface area contributed by atoms with Gasteiger partial charge in [-0.2, -0.15) is 0 Å². The summed E-state index contributed by atoms with van der Waals surface area (Å²) in [5.74, 6) is 0. The summed E-state index contributed by atoms with van der Waals surface area (Å²) in [4.78, 5) is 4.65. The van der Waals surface area contributed by atoms with Crippen LogP contribution < -0.4 is 10.0 Å².